The number of aliphatic carboxylic acids is 1. The number of carboxylic acids is 1. The molecule has 5 heteroatoms. The van der Waals surface area contributed by atoms with Crippen molar-refractivity contribution in [3.05, 3.63) is 29.8 Å². The molecule has 1 aliphatic rings. The van der Waals surface area contributed by atoms with Gasteiger partial charge in [0.2, 0.25) is 0 Å². The summed E-state index contributed by atoms with van der Waals surface area (Å²) in [6.07, 6.45) is 0. The molecule has 0 aromatic heterocycles. The molecule has 1 fully saturated rings. The second-order valence-electron chi connectivity index (χ2n) is 3.77. The van der Waals surface area contributed by atoms with Crippen molar-refractivity contribution in [3.8, 4) is 5.75 Å². The summed E-state index contributed by atoms with van der Waals surface area (Å²) in [5.74, 6) is 0.660. The number of hydrogen-bond acceptors (Lipinski definition) is 4. The topological polar surface area (TPSA) is 58.6 Å². The van der Waals surface area contributed by atoms with Crippen molar-refractivity contribution in [1.29, 1.82) is 0 Å². The first kappa shape index (κ1) is 12.3. The fourth-order valence-corrected chi connectivity index (χ4v) is 2.95. The molecule has 2 atom stereocenters. The van der Waals surface area contributed by atoms with Crippen LogP contribution in [0.5, 0.6) is 5.75 Å². The SMILES string of the molecule is CCOc1ccc(C2N[C@@H](C(=O)O)CS2)cc1. The number of carboxylic acid groups (broad SMARTS) is 1. The van der Waals surface area contributed by atoms with E-state index in [2.05, 4.69) is 5.32 Å². The number of ether oxygens (including phenoxy) is 1. The Bertz CT molecular complexity index is 393. The molecule has 2 N–H and O–H groups in total. The van der Waals surface area contributed by atoms with E-state index >= 15 is 0 Å². The standard InChI is InChI=1S/C12H15NO3S/c1-2-16-9-5-3-8(4-6-9)11-13-10(7-17-11)12(14)15/h3-6,10-11,13H,2,7H2,1H3,(H,14,15)/t10-,11?/m1/s1. The molecule has 2 rings (SSSR count). The van der Waals surface area contributed by atoms with Gasteiger partial charge in [-0.2, -0.15) is 0 Å². The monoisotopic (exact) mass is 253 g/mol. The number of benzene rings is 1. The van der Waals surface area contributed by atoms with E-state index in [0.717, 1.165) is 11.3 Å². The Hall–Kier alpha value is -1.20. The molecule has 4 nitrogen and oxygen atoms in total. The second kappa shape index (κ2) is 5.42. The highest BCUT2D eigenvalue weighted by Gasteiger charge is 2.30. The molecule has 92 valence electrons. The molecule has 1 heterocycles. The van der Waals surface area contributed by atoms with Crippen LogP contribution in [0.25, 0.3) is 0 Å². The second-order valence-corrected chi connectivity index (χ2v) is 4.91. The minimum absolute atomic E-state index is 0.0618. The maximum absolute atomic E-state index is 10.8. The molecule has 0 aliphatic carbocycles. The van der Waals surface area contributed by atoms with Crippen molar-refractivity contribution in [1.82, 2.24) is 5.32 Å². The maximum atomic E-state index is 10.8. The molecule has 1 aromatic rings. The lowest BCUT2D eigenvalue weighted by atomic mass is 10.2. The largest absolute Gasteiger partial charge is 0.494 e. The van der Waals surface area contributed by atoms with Crippen LogP contribution in [-0.4, -0.2) is 29.5 Å². The number of nitrogens with one attached hydrogen (secondary N) is 1. The van der Waals surface area contributed by atoms with E-state index in [1.54, 1.807) is 11.8 Å². The number of hydrogen-bond donors (Lipinski definition) is 2. The van der Waals surface area contributed by atoms with Crippen molar-refractivity contribution in [2.45, 2.75) is 18.3 Å². The van der Waals surface area contributed by atoms with Gasteiger partial charge in [0.25, 0.3) is 0 Å². The van der Waals surface area contributed by atoms with Crippen LogP contribution in [0.1, 0.15) is 17.9 Å². The van der Waals surface area contributed by atoms with Crippen molar-refractivity contribution in [3.63, 3.8) is 0 Å². The predicted octanol–water partition coefficient (Wildman–Crippen LogP) is 1.87. The van der Waals surface area contributed by atoms with Gasteiger partial charge in [0.05, 0.1) is 12.0 Å². The Morgan fingerprint density at radius 3 is 2.76 bits per heavy atom. The van der Waals surface area contributed by atoms with Crippen LogP contribution in [0.2, 0.25) is 0 Å². The average Bonchev–Trinajstić information content (AvgIpc) is 2.80. The molecular formula is C12H15NO3S. The van der Waals surface area contributed by atoms with Gasteiger partial charge in [-0.05, 0) is 24.6 Å². The van der Waals surface area contributed by atoms with Gasteiger partial charge in [-0.15, -0.1) is 11.8 Å². The lowest BCUT2D eigenvalue weighted by Gasteiger charge is -2.12. The van der Waals surface area contributed by atoms with Gasteiger partial charge in [-0.1, -0.05) is 12.1 Å². The van der Waals surface area contributed by atoms with Gasteiger partial charge in [0.1, 0.15) is 11.8 Å². The summed E-state index contributed by atoms with van der Waals surface area (Å²) in [6, 6.07) is 7.32. The first-order valence-electron chi connectivity index (χ1n) is 5.54. The lowest BCUT2D eigenvalue weighted by molar-refractivity contribution is -0.138. The van der Waals surface area contributed by atoms with E-state index in [1.807, 2.05) is 31.2 Å². The maximum Gasteiger partial charge on any atom is 0.321 e. The fourth-order valence-electron chi connectivity index (χ4n) is 1.71. The van der Waals surface area contributed by atoms with Crippen LogP contribution >= 0.6 is 11.8 Å². The molecule has 0 saturated carbocycles. The van der Waals surface area contributed by atoms with Gasteiger partial charge in [0, 0.05) is 5.75 Å². The number of carbonyl (C=O) groups is 1. The highest BCUT2D eigenvalue weighted by molar-refractivity contribution is 7.99. The zero-order valence-corrected chi connectivity index (χ0v) is 10.4. The van der Waals surface area contributed by atoms with E-state index in [1.165, 1.54) is 0 Å². The van der Waals surface area contributed by atoms with Crippen molar-refractivity contribution < 1.29 is 14.6 Å². The van der Waals surface area contributed by atoms with Crippen molar-refractivity contribution in [2.75, 3.05) is 12.4 Å². The summed E-state index contributed by atoms with van der Waals surface area (Å²) < 4.78 is 5.36. The minimum Gasteiger partial charge on any atom is -0.494 e. The molecule has 0 amide bonds. The molecule has 1 saturated heterocycles. The van der Waals surface area contributed by atoms with Gasteiger partial charge in [0.15, 0.2) is 0 Å². The number of rotatable bonds is 4. The van der Waals surface area contributed by atoms with Gasteiger partial charge < -0.3 is 9.84 Å². The van der Waals surface area contributed by atoms with E-state index < -0.39 is 12.0 Å². The predicted molar refractivity (Wildman–Crippen MR) is 67.4 cm³/mol. The Morgan fingerprint density at radius 1 is 1.53 bits per heavy atom. The van der Waals surface area contributed by atoms with Crippen LogP contribution in [0.3, 0.4) is 0 Å². The summed E-state index contributed by atoms with van der Waals surface area (Å²) in [6.45, 7) is 2.59. The van der Waals surface area contributed by atoms with Gasteiger partial charge in [-0.3, -0.25) is 10.1 Å². The van der Waals surface area contributed by atoms with Crippen molar-refractivity contribution in [2.24, 2.45) is 0 Å². The Balaban J connectivity index is 2.01. The van der Waals surface area contributed by atoms with Crippen LogP contribution in [0.4, 0.5) is 0 Å². The first-order chi connectivity index (χ1) is 8.20. The van der Waals surface area contributed by atoms with E-state index in [9.17, 15) is 4.79 Å². The molecule has 17 heavy (non-hydrogen) atoms. The highest BCUT2D eigenvalue weighted by Crippen LogP contribution is 2.33. The third kappa shape index (κ3) is 2.92. The van der Waals surface area contributed by atoms with Crippen molar-refractivity contribution >= 4 is 17.7 Å². The Labute approximate surface area is 104 Å². The highest BCUT2D eigenvalue weighted by atomic mass is 32.2. The van der Waals surface area contributed by atoms with Crippen LogP contribution in [-0.2, 0) is 4.79 Å². The summed E-state index contributed by atoms with van der Waals surface area (Å²) in [4.78, 5) is 10.8. The first-order valence-corrected chi connectivity index (χ1v) is 6.59. The molecule has 1 aromatic carbocycles. The third-order valence-electron chi connectivity index (χ3n) is 2.57. The summed E-state index contributed by atoms with van der Waals surface area (Å²) >= 11 is 1.62. The molecule has 0 bridgehead atoms. The number of thioether (sulfide) groups is 1. The molecular weight excluding hydrogens is 238 g/mol. The molecule has 1 unspecified atom stereocenters. The van der Waals surface area contributed by atoms with Gasteiger partial charge >= 0.3 is 5.97 Å². The van der Waals surface area contributed by atoms with Crippen LogP contribution < -0.4 is 10.1 Å². The van der Waals surface area contributed by atoms with Crippen LogP contribution in [0.15, 0.2) is 24.3 Å². The van der Waals surface area contributed by atoms with Crippen LogP contribution in [0, 0.1) is 0 Å². The quantitative estimate of drug-likeness (QED) is 0.858. The zero-order valence-electron chi connectivity index (χ0n) is 9.55. The molecule has 0 radical (unpaired) electrons. The van der Waals surface area contributed by atoms with E-state index in [4.69, 9.17) is 9.84 Å². The average molecular weight is 253 g/mol. The molecule has 0 spiro atoms. The third-order valence-corrected chi connectivity index (χ3v) is 3.84. The lowest BCUT2D eigenvalue weighted by Crippen LogP contribution is -2.33. The Morgan fingerprint density at radius 2 is 2.24 bits per heavy atom. The minimum atomic E-state index is -0.786. The smallest absolute Gasteiger partial charge is 0.321 e. The zero-order chi connectivity index (χ0) is 12.3. The summed E-state index contributed by atoms with van der Waals surface area (Å²) in [5, 5.41) is 12.0. The van der Waals surface area contributed by atoms with E-state index in [0.29, 0.717) is 12.4 Å². The summed E-state index contributed by atoms with van der Waals surface area (Å²) in [5.41, 5.74) is 1.09. The molecule has 1 aliphatic heterocycles. The summed E-state index contributed by atoms with van der Waals surface area (Å²) in [7, 11) is 0. The fraction of sp³-hybridized carbons (Fsp3) is 0.417. The van der Waals surface area contributed by atoms with Gasteiger partial charge in [-0.25, -0.2) is 0 Å². The normalized spacial score (nSPS) is 23.6. The van der Waals surface area contributed by atoms with E-state index in [-0.39, 0.29) is 5.37 Å². The Kier molecular flexibility index (Phi) is 3.91.